The van der Waals surface area contributed by atoms with Crippen LogP contribution in [0.25, 0.3) is 5.52 Å². The second kappa shape index (κ2) is 5.92. The molecule has 0 spiro atoms. The van der Waals surface area contributed by atoms with Gasteiger partial charge in [-0.25, -0.2) is 4.98 Å². The molecule has 1 amide bonds. The first-order valence-corrected chi connectivity index (χ1v) is 9.46. The first-order valence-electron chi connectivity index (χ1n) is 7.20. The lowest BCUT2D eigenvalue weighted by atomic mass is 10.1. The van der Waals surface area contributed by atoms with Crippen molar-refractivity contribution in [3.63, 3.8) is 0 Å². The lowest BCUT2D eigenvalue weighted by Crippen LogP contribution is -2.40. The normalized spacial score (nSPS) is 18.6. The number of imidazole rings is 1. The molecule has 0 unspecified atom stereocenters. The molecule has 10 heteroatoms. The van der Waals surface area contributed by atoms with Gasteiger partial charge in [0.1, 0.15) is 12.1 Å². The highest BCUT2D eigenvalue weighted by Gasteiger charge is 2.28. The Morgan fingerprint density at radius 3 is 2.50 bits per heavy atom. The zero-order valence-electron chi connectivity index (χ0n) is 12.9. The van der Waals surface area contributed by atoms with Crippen LogP contribution in [0, 0.1) is 0 Å². The summed E-state index contributed by atoms with van der Waals surface area (Å²) in [5.74, 6) is 0.0448. The van der Waals surface area contributed by atoms with E-state index in [-0.39, 0.29) is 28.0 Å². The van der Waals surface area contributed by atoms with E-state index in [1.54, 1.807) is 4.40 Å². The van der Waals surface area contributed by atoms with Crippen molar-refractivity contribution in [2.24, 2.45) is 5.73 Å². The molecular weight excluding hydrogens is 356 g/mol. The first-order chi connectivity index (χ1) is 11.2. The molecule has 0 aliphatic carbocycles. The van der Waals surface area contributed by atoms with Crippen LogP contribution < -0.4 is 10.6 Å². The van der Waals surface area contributed by atoms with Crippen LogP contribution in [0.15, 0.2) is 12.4 Å². The Morgan fingerprint density at radius 1 is 1.33 bits per heavy atom. The van der Waals surface area contributed by atoms with Gasteiger partial charge in [0.15, 0.2) is 11.5 Å². The number of ketones is 1. The maximum absolute atomic E-state index is 12.1. The van der Waals surface area contributed by atoms with Crippen molar-refractivity contribution in [3.8, 4) is 0 Å². The van der Waals surface area contributed by atoms with Gasteiger partial charge >= 0.3 is 0 Å². The number of carbonyl (C=O) groups is 2. The van der Waals surface area contributed by atoms with Gasteiger partial charge in [-0.05, 0) is 13.0 Å². The number of aromatic nitrogens is 2. The topological polar surface area (TPSA) is 121 Å². The van der Waals surface area contributed by atoms with Crippen molar-refractivity contribution in [1.29, 1.82) is 0 Å². The fourth-order valence-corrected chi connectivity index (χ4v) is 4.35. The summed E-state index contributed by atoms with van der Waals surface area (Å²) in [5.41, 5.74) is 6.07. The molecule has 130 valence electrons. The van der Waals surface area contributed by atoms with E-state index >= 15 is 0 Å². The molecule has 3 rings (SSSR count). The van der Waals surface area contributed by atoms with E-state index in [9.17, 15) is 18.7 Å². The third kappa shape index (κ3) is 2.84. The Morgan fingerprint density at radius 2 is 1.96 bits per heavy atom. The van der Waals surface area contributed by atoms with Gasteiger partial charge < -0.3 is 10.6 Å². The van der Waals surface area contributed by atoms with Crippen molar-refractivity contribution in [2.75, 3.05) is 29.5 Å². The first kappa shape index (κ1) is 17.0. The predicted molar refractivity (Wildman–Crippen MR) is 93.5 cm³/mol. The SMILES string of the molecule is CC(=O)c1cc(Cl)c2c(C(N)=O)ncn2c1N1CCS(O)(O)CC1. The number of fused-ring (bicyclic) bond motifs is 1. The minimum Gasteiger partial charge on any atom is -0.364 e. The van der Waals surface area contributed by atoms with Gasteiger partial charge in [0.2, 0.25) is 0 Å². The molecule has 3 heterocycles. The lowest BCUT2D eigenvalue weighted by Gasteiger charge is -2.42. The van der Waals surface area contributed by atoms with Crippen LogP contribution >= 0.6 is 22.2 Å². The van der Waals surface area contributed by atoms with E-state index in [2.05, 4.69) is 4.98 Å². The van der Waals surface area contributed by atoms with Crippen molar-refractivity contribution < 1.29 is 18.7 Å². The Labute approximate surface area is 144 Å². The number of anilines is 1. The van der Waals surface area contributed by atoms with Gasteiger partial charge in [-0.3, -0.25) is 23.1 Å². The Hall–Kier alpha value is -1.81. The molecule has 0 atom stereocenters. The van der Waals surface area contributed by atoms with Crippen molar-refractivity contribution in [3.05, 3.63) is 28.7 Å². The van der Waals surface area contributed by atoms with Gasteiger partial charge in [0.25, 0.3) is 5.91 Å². The Kier molecular flexibility index (Phi) is 4.20. The summed E-state index contributed by atoms with van der Waals surface area (Å²) in [6.07, 6.45) is 1.40. The average Bonchev–Trinajstić information content (AvgIpc) is 2.93. The molecule has 1 fully saturated rings. The number of hydrogen-bond donors (Lipinski definition) is 3. The molecule has 2 aromatic heterocycles. The molecule has 1 aliphatic heterocycles. The predicted octanol–water partition coefficient (Wildman–Crippen LogP) is 1.86. The molecule has 0 bridgehead atoms. The van der Waals surface area contributed by atoms with E-state index in [1.165, 1.54) is 19.3 Å². The molecule has 0 aromatic carbocycles. The van der Waals surface area contributed by atoms with Gasteiger partial charge in [0.05, 0.1) is 27.6 Å². The number of nitrogens with zero attached hydrogens (tertiary/aromatic N) is 3. The molecule has 0 saturated carbocycles. The molecule has 4 N–H and O–H groups in total. The van der Waals surface area contributed by atoms with E-state index in [0.717, 1.165) is 0 Å². The Bertz CT molecular complexity index is 841. The molecular formula is C14H17ClN4O4S. The van der Waals surface area contributed by atoms with E-state index in [1.807, 2.05) is 4.90 Å². The fourth-order valence-electron chi connectivity index (χ4n) is 2.83. The molecule has 24 heavy (non-hydrogen) atoms. The number of Topliss-reactive ketones (excluding diaryl/α,β-unsaturated/α-hetero) is 1. The maximum Gasteiger partial charge on any atom is 0.269 e. The van der Waals surface area contributed by atoms with Crippen molar-refractivity contribution in [1.82, 2.24) is 9.38 Å². The van der Waals surface area contributed by atoms with Gasteiger partial charge in [-0.15, -0.1) is 0 Å². The van der Waals surface area contributed by atoms with Gasteiger partial charge in [-0.1, -0.05) is 11.6 Å². The molecule has 1 aliphatic rings. The van der Waals surface area contributed by atoms with E-state index < -0.39 is 16.5 Å². The summed E-state index contributed by atoms with van der Waals surface area (Å²) in [6.45, 7) is 2.15. The summed E-state index contributed by atoms with van der Waals surface area (Å²) in [7, 11) is -2.58. The standard InChI is InChI=1S/C14H17ClN4O4S/c1-8(20)9-6-10(15)12-11(13(16)21)17-7-19(12)14(9)18-2-4-24(22,23)5-3-18/h6-7,22-23H,2-5H2,1H3,(H2,16,21). The van der Waals surface area contributed by atoms with E-state index in [0.29, 0.717) is 30.0 Å². The number of primary amides is 1. The number of hydrogen-bond acceptors (Lipinski definition) is 6. The summed E-state index contributed by atoms with van der Waals surface area (Å²) < 4.78 is 21.2. The maximum atomic E-state index is 12.1. The van der Waals surface area contributed by atoms with Crippen LogP contribution in [0.5, 0.6) is 0 Å². The van der Waals surface area contributed by atoms with E-state index in [4.69, 9.17) is 17.3 Å². The molecule has 0 radical (unpaired) electrons. The number of carbonyl (C=O) groups excluding carboxylic acids is 2. The number of nitrogens with two attached hydrogens (primary N) is 1. The van der Waals surface area contributed by atoms with Crippen LogP contribution in [0.2, 0.25) is 5.02 Å². The summed E-state index contributed by atoms with van der Waals surface area (Å²) in [4.78, 5) is 29.5. The highest BCUT2D eigenvalue weighted by Crippen LogP contribution is 2.42. The monoisotopic (exact) mass is 372 g/mol. The second-order valence-corrected chi connectivity index (χ2v) is 8.49. The summed E-state index contributed by atoms with van der Waals surface area (Å²) in [5, 5.41) is 0.205. The average molecular weight is 373 g/mol. The zero-order chi connectivity index (χ0) is 17.6. The van der Waals surface area contributed by atoms with Crippen LogP contribution in [-0.4, -0.2) is 54.8 Å². The largest absolute Gasteiger partial charge is 0.364 e. The number of pyridine rings is 1. The summed E-state index contributed by atoms with van der Waals surface area (Å²) in [6, 6.07) is 1.50. The summed E-state index contributed by atoms with van der Waals surface area (Å²) >= 11 is 6.24. The minimum absolute atomic E-state index is 0.0256. The highest BCUT2D eigenvalue weighted by atomic mass is 35.5. The smallest absolute Gasteiger partial charge is 0.269 e. The third-order valence-electron chi connectivity index (χ3n) is 4.02. The fraction of sp³-hybridized carbons (Fsp3) is 0.357. The molecule has 1 saturated heterocycles. The minimum atomic E-state index is -2.58. The van der Waals surface area contributed by atoms with Crippen molar-refractivity contribution in [2.45, 2.75) is 6.92 Å². The van der Waals surface area contributed by atoms with Crippen LogP contribution in [0.4, 0.5) is 5.82 Å². The van der Waals surface area contributed by atoms with Crippen LogP contribution in [-0.2, 0) is 0 Å². The molecule has 8 nitrogen and oxygen atoms in total. The third-order valence-corrected chi connectivity index (χ3v) is 5.98. The number of halogens is 1. The number of amides is 1. The zero-order valence-corrected chi connectivity index (χ0v) is 14.5. The molecule has 2 aromatic rings. The highest BCUT2D eigenvalue weighted by molar-refractivity contribution is 8.24. The van der Waals surface area contributed by atoms with Crippen LogP contribution in [0.1, 0.15) is 27.8 Å². The quantitative estimate of drug-likeness (QED) is 0.707. The lowest BCUT2D eigenvalue weighted by molar-refractivity contribution is 0.0994. The van der Waals surface area contributed by atoms with Gasteiger partial charge in [-0.2, -0.15) is 10.6 Å². The van der Waals surface area contributed by atoms with Crippen LogP contribution in [0.3, 0.4) is 0 Å². The second-order valence-electron chi connectivity index (χ2n) is 5.66. The van der Waals surface area contributed by atoms with Gasteiger partial charge in [0, 0.05) is 13.1 Å². The Balaban J connectivity index is 2.21. The van der Waals surface area contributed by atoms with Crippen molar-refractivity contribution >= 4 is 45.2 Å². The number of rotatable bonds is 3.